The SMILES string of the molecule is Cc1coc2nc(-c3cc(C(C)(C)C)c4ccccc4c3)cc(-c3ccc4c(CC(C)C)coc4c3)c12. The molecule has 0 bridgehead atoms. The minimum absolute atomic E-state index is 0.00182. The summed E-state index contributed by atoms with van der Waals surface area (Å²) in [6, 6.07) is 21.9. The molecule has 0 radical (unpaired) electrons. The number of fused-ring (bicyclic) bond motifs is 3. The zero-order valence-corrected chi connectivity index (χ0v) is 22.5. The van der Waals surface area contributed by atoms with E-state index in [4.69, 9.17) is 13.8 Å². The molecule has 6 aromatic rings. The lowest BCUT2D eigenvalue weighted by Crippen LogP contribution is -2.12. The zero-order chi connectivity index (χ0) is 25.9. The molecule has 0 spiro atoms. The molecule has 3 heterocycles. The summed E-state index contributed by atoms with van der Waals surface area (Å²) in [7, 11) is 0. The van der Waals surface area contributed by atoms with Crippen molar-refractivity contribution in [2.45, 2.75) is 53.4 Å². The normalized spacial score (nSPS) is 12.4. The Bertz CT molecular complexity index is 1780. The van der Waals surface area contributed by atoms with E-state index in [2.05, 4.69) is 102 Å². The lowest BCUT2D eigenvalue weighted by molar-refractivity contribution is 0.594. The number of aromatic nitrogens is 1. The molecule has 3 aromatic carbocycles. The van der Waals surface area contributed by atoms with E-state index in [1.54, 1.807) is 6.26 Å². The van der Waals surface area contributed by atoms with Gasteiger partial charge in [-0.1, -0.05) is 71.0 Å². The summed E-state index contributed by atoms with van der Waals surface area (Å²) < 4.78 is 12.0. The van der Waals surface area contributed by atoms with Gasteiger partial charge in [0, 0.05) is 10.9 Å². The molecule has 186 valence electrons. The van der Waals surface area contributed by atoms with Crippen LogP contribution in [-0.4, -0.2) is 4.98 Å². The van der Waals surface area contributed by atoms with Gasteiger partial charge in [0.2, 0.25) is 5.71 Å². The van der Waals surface area contributed by atoms with Crippen LogP contribution in [0.3, 0.4) is 0 Å². The summed E-state index contributed by atoms with van der Waals surface area (Å²) in [5.41, 5.74) is 9.47. The highest BCUT2D eigenvalue weighted by Gasteiger charge is 2.21. The smallest absolute Gasteiger partial charge is 0.227 e. The monoisotopic (exact) mass is 487 g/mol. The van der Waals surface area contributed by atoms with Crippen LogP contribution in [0, 0.1) is 12.8 Å². The van der Waals surface area contributed by atoms with Crippen LogP contribution in [0.15, 0.2) is 82.0 Å². The average Bonchev–Trinajstić information content (AvgIpc) is 3.44. The molecule has 0 aliphatic rings. The van der Waals surface area contributed by atoms with Gasteiger partial charge in [0.1, 0.15) is 5.58 Å². The van der Waals surface area contributed by atoms with E-state index < -0.39 is 0 Å². The largest absolute Gasteiger partial charge is 0.464 e. The minimum Gasteiger partial charge on any atom is -0.464 e. The van der Waals surface area contributed by atoms with E-state index in [1.165, 1.54) is 27.3 Å². The number of hydrogen-bond acceptors (Lipinski definition) is 3. The lowest BCUT2D eigenvalue weighted by Gasteiger charge is -2.23. The highest BCUT2D eigenvalue weighted by molar-refractivity contribution is 5.99. The Morgan fingerprint density at radius 2 is 1.65 bits per heavy atom. The van der Waals surface area contributed by atoms with Crippen molar-refractivity contribution < 1.29 is 8.83 Å². The number of furan rings is 2. The number of hydrogen-bond donors (Lipinski definition) is 0. The molecule has 3 nitrogen and oxygen atoms in total. The molecule has 0 saturated carbocycles. The van der Waals surface area contributed by atoms with Crippen molar-refractivity contribution in [2.75, 3.05) is 0 Å². The van der Waals surface area contributed by atoms with Gasteiger partial charge in [-0.05, 0) is 87.5 Å². The Hall–Kier alpha value is -3.85. The molecule has 0 aliphatic carbocycles. The van der Waals surface area contributed by atoms with Crippen molar-refractivity contribution >= 4 is 32.8 Å². The fourth-order valence-electron chi connectivity index (χ4n) is 5.49. The number of aryl methyl sites for hydroxylation is 1. The Labute approximate surface area is 218 Å². The van der Waals surface area contributed by atoms with E-state index >= 15 is 0 Å². The second kappa shape index (κ2) is 8.62. The quantitative estimate of drug-likeness (QED) is 0.248. The van der Waals surface area contributed by atoms with Crippen LogP contribution in [0.1, 0.15) is 51.3 Å². The highest BCUT2D eigenvalue weighted by Crippen LogP contribution is 2.39. The van der Waals surface area contributed by atoms with E-state index in [9.17, 15) is 0 Å². The summed E-state index contributed by atoms with van der Waals surface area (Å²) >= 11 is 0. The predicted molar refractivity (Wildman–Crippen MR) is 154 cm³/mol. The third-order valence-corrected chi connectivity index (χ3v) is 7.29. The lowest BCUT2D eigenvalue weighted by atomic mass is 9.82. The first-order valence-corrected chi connectivity index (χ1v) is 13.1. The summed E-state index contributed by atoms with van der Waals surface area (Å²) in [5, 5.41) is 4.75. The van der Waals surface area contributed by atoms with E-state index in [0.29, 0.717) is 11.6 Å². The Morgan fingerprint density at radius 1 is 0.838 bits per heavy atom. The van der Waals surface area contributed by atoms with Gasteiger partial charge < -0.3 is 8.83 Å². The Balaban J connectivity index is 1.57. The molecule has 6 rings (SSSR count). The van der Waals surface area contributed by atoms with Gasteiger partial charge in [0.15, 0.2) is 0 Å². The molecular formula is C34H33NO2. The maximum atomic E-state index is 6.01. The van der Waals surface area contributed by atoms with Crippen molar-refractivity contribution in [3.05, 3.63) is 89.9 Å². The standard InChI is InChI=1S/C34H33NO2/c1-20(2)13-25-19-36-31-16-23(11-12-27(25)31)28-17-30(35-33-32(28)21(3)18-37-33)24-14-22-9-7-8-10-26(22)29(15-24)34(4,5)6/h7-12,14-20H,13H2,1-6H3. The summed E-state index contributed by atoms with van der Waals surface area (Å²) in [6.07, 6.45) is 4.72. The molecule has 0 amide bonds. The minimum atomic E-state index is 0.00182. The van der Waals surface area contributed by atoms with E-state index in [0.717, 1.165) is 45.3 Å². The second-order valence-corrected chi connectivity index (χ2v) is 11.7. The van der Waals surface area contributed by atoms with Gasteiger partial charge in [-0.2, -0.15) is 0 Å². The third-order valence-electron chi connectivity index (χ3n) is 7.29. The van der Waals surface area contributed by atoms with Crippen molar-refractivity contribution in [1.82, 2.24) is 4.98 Å². The maximum Gasteiger partial charge on any atom is 0.227 e. The molecule has 0 atom stereocenters. The summed E-state index contributed by atoms with van der Waals surface area (Å²) in [6.45, 7) is 13.4. The van der Waals surface area contributed by atoms with Gasteiger partial charge in [0.25, 0.3) is 0 Å². The van der Waals surface area contributed by atoms with Crippen LogP contribution in [-0.2, 0) is 11.8 Å². The van der Waals surface area contributed by atoms with Crippen molar-refractivity contribution in [3.63, 3.8) is 0 Å². The summed E-state index contributed by atoms with van der Waals surface area (Å²) in [5.74, 6) is 0.580. The second-order valence-electron chi connectivity index (χ2n) is 11.7. The number of benzene rings is 3. The van der Waals surface area contributed by atoms with Crippen LogP contribution in [0.4, 0.5) is 0 Å². The van der Waals surface area contributed by atoms with Crippen molar-refractivity contribution in [1.29, 1.82) is 0 Å². The molecule has 3 heteroatoms. The van der Waals surface area contributed by atoms with Crippen molar-refractivity contribution in [2.24, 2.45) is 5.92 Å². The van der Waals surface area contributed by atoms with E-state index in [-0.39, 0.29) is 5.41 Å². The highest BCUT2D eigenvalue weighted by atomic mass is 16.3. The first kappa shape index (κ1) is 23.5. The number of pyridine rings is 1. The molecule has 0 saturated heterocycles. The predicted octanol–water partition coefficient (Wildman–Crippen LogP) is 9.87. The Kier molecular flexibility index (Phi) is 5.49. The topological polar surface area (TPSA) is 39.2 Å². The van der Waals surface area contributed by atoms with Crippen LogP contribution >= 0.6 is 0 Å². The van der Waals surface area contributed by atoms with Gasteiger partial charge >= 0.3 is 0 Å². The molecule has 0 aliphatic heterocycles. The third kappa shape index (κ3) is 4.13. The maximum absolute atomic E-state index is 6.01. The van der Waals surface area contributed by atoms with Crippen LogP contribution in [0.25, 0.3) is 55.2 Å². The van der Waals surface area contributed by atoms with E-state index in [1.807, 2.05) is 6.26 Å². The molecule has 0 unspecified atom stereocenters. The molecule has 0 N–H and O–H groups in total. The average molecular weight is 488 g/mol. The number of nitrogens with zero attached hydrogens (tertiary/aromatic N) is 1. The zero-order valence-electron chi connectivity index (χ0n) is 22.5. The van der Waals surface area contributed by atoms with Crippen LogP contribution in [0.2, 0.25) is 0 Å². The van der Waals surface area contributed by atoms with Crippen LogP contribution in [0.5, 0.6) is 0 Å². The summed E-state index contributed by atoms with van der Waals surface area (Å²) in [4.78, 5) is 4.99. The number of rotatable bonds is 4. The molecule has 37 heavy (non-hydrogen) atoms. The first-order valence-electron chi connectivity index (χ1n) is 13.1. The van der Waals surface area contributed by atoms with Gasteiger partial charge in [-0.15, -0.1) is 0 Å². The Morgan fingerprint density at radius 3 is 2.43 bits per heavy atom. The molecule has 3 aromatic heterocycles. The first-order chi connectivity index (χ1) is 17.7. The fraction of sp³-hybridized carbons (Fsp3) is 0.265. The van der Waals surface area contributed by atoms with Crippen LogP contribution < -0.4 is 0 Å². The van der Waals surface area contributed by atoms with Gasteiger partial charge in [-0.3, -0.25) is 0 Å². The molecule has 0 fully saturated rings. The molecular weight excluding hydrogens is 454 g/mol. The van der Waals surface area contributed by atoms with Crippen molar-refractivity contribution in [3.8, 4) is 22.4 Å². The van der Waals surface area contributed by atoms with Gasteiger partial charge in [-0.25, -0.2) is 4.98 Å². The van der Waals surface area contributed by atoms with Gasteiger partial charge in [0.05, 0.1) is 23.6 Å². The fourth-order valence-corrected chi connectivity index (χ4v) is 5.49.